The number of nitrogens with one attached hydrogen (secondary N) is 1. The molecule has 3 heterocycles. The van der Waals surface area contributed by atoms with Crippen LogP contribution in [0.2, 0.25) is 0 Å². The molecule has 3 fully saturated rings. The lowest BCUT2D eigenvalue weighted by Gasteiger charge is -2.43. The van der Waals surface area contributed by atoms with Gasteiger partial charge in [0.25, 0.3) is 0 Å². The Kier molecular flexibility index (Phi) is 6.58. The molecule has 5 unspecified atom stereocenters. The second-order valence-electron chi connectivity index (χ2n) is 12.3. The number of imide groups is 1. The highest BCUT2D eigenvalue weighted by atomic mass is 32.2. The number of aromatic amines is 1. The third-order valence-electron chi connectivity index (χ3n) is 10.1. The molecule has 4 aromatic rings. The first-order valence-electron chi connectivity index (χ1n) is 14.8. The highest BCUT2D eigenvalue weighted by Crippen LogP contribution is 2.68. The van der Waals surface area contributed by atoms with Crippen LogP contribution in [-0.2, 0) is 22.4 Å². The van der Waals surface area contributed by atoms with E-state index in [1.54, 1.807) is 11.8 Å². The normalized spacial score (nSPS) is 28.3. The minimum Gasteiger partial charge on any atom is -0.489 e. The molecule has 2 saturated carbocycles. The smallest absolute Gasteiger partial charge is 0.418 e. The van der Waals surface area contributed by atoms with E-state index in [4.69, 9.17) is 4.74 Å². The Labute approximate surface area is 264 Å². The van der Waals surface area contributed by atoms with Gasteiger partial charge < -0.3 is 9.72 Å². The number of hydrogen-bond donors (Lipinski definition) is 1. The van der Waals surface area contributed by atoms with Gasteiger partial charge >= 0.3 is 11.0 Å². The van der Waals surface area contributed by atoms with Gasteiger partial charge in [-0.15, -0.1) is 11.8 Å². The average Bonchev–Trinajstić information content (AvgIpc) is 3.75. The third kappa shape index (κ3) is 4.41. The van der Waals surface area contributed by atoms with Crippen LogP contribution < -0.4 is 14.5 Å². The summed E-state index contributed by atoms with van der Waals surface area (Å²) in [5.41, 5.74) is 1.82. The molecule has 11 heteroatoms. The van der Waals surface area contributed by atoms with Crippen molar-refractivity contribution in [2.45, 2.75) is 42.3 Å². The van der Waals surface area contributed by atoms with Crippen molar-refractivity contribution in [3.63, 3.8) is 0 Å². The van der Waals surface area contributed by atoms with E-state index in [0.717, 1.165) is 48.9 Å². The predicted octanol–water partition coefficient (Wildman–Crippen LogP) is 7.02. The molecule has 7 atom stereocenters. The van der Waals surface area contributed by atoms with Crippen molar-refractivity contribution in [1.82, 2.24) is 4.98 Å². The molecule has 0 spiro atoms. The summed E-state index contributed by atoms with van der Waals surface area (Å²) in [4.78, 5) is 44.9. The number of para-hydroxylation sites is 1. The zero-order chi connectivity index (χ0) is 31.2. The number of alkyl halides is 3. The van der Waals surface area contributed by atoms with E-state index < -0.39 is 41.1 Å². The number of anilines is 1. The number of thiazole rings is 1. The Hall–Kier alpha value is -3.83. The number of halogens is 3. The second kappa shape index (κ2) is 10.3. The minimum absolute atomic E-state index is 0.0616. The predicted molar refractivity (Wildman–Crippen MR) is 164 cm³/mol. The zero-order valence-corrected chi connectivity index (χ0v) is 25.5. The van der Waals surface area contributed by atoms with Crippen molar-refractivity contribution in [3.05, 3.63) is 110 Å². The number of thioether (sulfide) groups is 1. The first-order valence-corrected chi connectivity index (χ1v) is 16.5. The Morgan fingerprint density at radius 2 is 1.60 bits per heavy atom. The molecule has 3 aromatic carbocycles. The van der Waals surface area contributed by atoms with Gasteiger partial charge in [0.1, 0.15) is 12.4 Å². The number of fused-ring (bicyclic) bond motifs is 9. The lowest BCUT2D eigenvalue weighted by molar-refractivity contribution is -0.137. The SMILES string of the molecule is Cc1ccccc1COc1ccc(C2c3sc(=O)[nH]c3SC3C2[C@H]2C[C@@H]3C3C(=O)N(c4ccccc4C(F)(F)F)C(=O)C32)cc1. The van der Waals surface area contributed by atoms with Crippen LogP contribution in [0.4, 0.5) is 18.9 Å². The average molecular weight is 649 g/mol. The molecule has 6 nitrogen and oxygen atoms in total. The van der Waals surface area contributed by atoms with Gasteiger partial charge in [-0.2, -0.15) is 13.2 Å². The number of carbonyl (C=O) groups excluding carboxylic acids is 2. The van der Waals surface area contributed by atoms with Gasteiger partial charge in [0.15, 0.2) is 0 Å². The van der Waals surface area contributed by atoms with Gasteiger partial charge in [-0.25, -0.2) is 4.90 Å². The van der Waals surface area contributed by atoms with Crippen molar-refractivity contribution in [1.29, 1.82) is 0 Å². The topological polar surface area (TPSA) is 79.5 Å². The fourth-order valence-electron chi connectivity index (χ4n) is 8.24. The van der Waals surface area contributed by atoms with Crippen molar-refractivity contribution in [2.24, 2.45) is 29.6 Å². The summed E-state index contributed by atoms with van der Waals surface area (Å²) in [6.07, 6.45) is -4.06. The molecule has 2 amide bonds. The molecular weight excluding hydrogens is 622 g/mol. The molecule has 45 heavy (non-hydrogen) atoms. The standard InChI is InChI=1S/C34H27F3N2O4S2/c1-16-6-2-3-7-18(16)15-43-19-12-10-17(11-13-19)24-25-20-14-21(28(25)44-30-29(24)45-33(42)38-30)27-26(20)31(40)39(32(27)41)23-9-5-4-8-22(23)34(35,36)37/h2-13,20-21,24-28H,14-15H2,1H3,(H,38,42)/t20-,21-,24?,25?,26?,27?,28?/m1/s1. The summed E-state index contributed by atoms with van der Waals surface area (Å²) >= 11 is 2.71. The summed E-state index contributed by atoms with van der Waals surface area (Å²) in [6.45, 7) is 2.47. The Bertz CT molecular complexity index is 1900. The summed E-state index contributed by atoms with van der Waals surface area (Å²) in [6, 6.07) is 20.6. The number of aryl methyl sites for hydroxylation is 1. The first-order chi connectivity index (χ1) is 21.6. The molecule has 2 aliphatic carbocycles. The van der Waals surface area contributed by atoms with Gasteiger partial charge in [0.2, 0.25) is 11.8 Å². The molecule has 0 radical (unpaired) electrons. The molecule has 2 aliphatic heterocycles. The van der Waals surface area contributed by atoms with Crippen LogP contribution in [0.15, 0.2) is 82.6 Å². The number of nitrogens with zero attached hydrogens (tertiary/aromatic N) is 1. The maximum atomic E-state index is 14.0. The van der Waals surface area contributed by atoms with Crippen molar-refractivity contribution >= 4 is 40.6 Å². The molecule has 2 bridgehead atoms. The fraction of sp³-hybridized carbons (Fsp3) is 0.324. The van der Waals surface area contributed by atoms with Crippen LogP contribution in [0.1, 0.15) is 39.5 Å². The first kappa shape index (κ1) is 28.6. The monoisotopic (exact) mass is 648 g/mol. The van der Waals surface area contributed by atoms with Gasteiger partial charge in [-0.1, -0.05) is 59.9 Å². The maximum absolute atomic E-state index is 14.0. The van der Waals surface area contributed by atoms with Crippen molar-refractivity contribution in [3.8, 4) is 5.75 Å². The quantitative estimate of drug-likeness (QED) is 0.236. The van der Waals surface area contributed by atoms with E-state index in [1.165, 1.54) is 18.2 Å². The van der Waals surface area contributed by atoms with Crippen LogP contribution in [0.5, 0.6) is 5.75 Å². The van der Waals surface area contributed by atoms with E-state index >= 15 is 0 Å². The summed E-state index contributed by atoms with van der Waals surface area (Å²) in [7, 11) is 0. The zero-order valence-electron chi connectivity index (χ0n) is 23.9. The van der Waals surface area contributed by atoms with E-state index in [0.29, 0.717) is 18.8 Å². The highest BCUT2D eigenvalue weighted by Gasteiger charge is 2.70. The van der Waals surface area contributed by atoms with Crippen LogP contribution in [0.25, 0.3) is 0 Å². The lowest BCUT2D eigenvalue weighted by Crippen LogP contribution is -2.42. The van der Waals surface area contributed by atoms with Crippen molar-refractivity contribution < 1.29 is 27.5 Å². The summed E-state index contributed by atoms with van der Waals surface area (Å²) in [5.74, 6) is -2.42. The molecule has 1 N–H and O–H groups in total. The van der Waals surface area contributed by atoms with Crippen molar-refractivity contribution in [2.75, 3.05) is 4.90 Å². The van der Waals surface area contributed by atoms with Gasteiger partial charge in [-0.3, -0.25) is 14.4 Å². The number of H-pyrrole nitrogens is 1. The van der Waals surface area contributed by atoms with Crippen LogP contribution in [-0.4, -0.2) is 22.0 Å². The number of rotatable bonds is 5. The summed E-state index contributed by atoms with van der Waals surface area (Å²) < 4.78 is 47.9. The molecule has 230 valence electrons. The highest BCUT2D eigenvalue weighted by molar-refractivity contribution is 8.00. The lowest BCUT2D eigenvalue weighted by atomic mass is 9.68. The van der Waals surface area contributed by atoms with Crippen LogP contribution in [0.3, 0.4) is 0 Å². The number of carbonyl (C=O) groups is 2. The van der Waals surface area contributed by atoms with Gasteiger partial charge in [0, 0.05) is 16.0 Å². The fourth-order valence-corrected chi connectivity index (χ4v) is 11.1. The molecular formula is C34H27F3N2O4S2. The summed E-state index contributed by atoms with van der Waals surface area (Å²) in [5, 5.41) is 0.710. The Morgan fingerprint density at radius 1 is 0.911 bits per heavy atom. The maximum Gasteiger partial charge on any atom is 0.418 e. The van der Waals surface area contributed by atoms with Gasteiger partial charge in [0.05, 0.1) is 28.1 Å². The number of aromatic nitrogens is 1. The molecule has 1 aromatic heterocycles. The third-order valence-corrected chi connectivity index (χ3v) is 12.7. The number of hydrogen-bond acceptors (Lipinski definition) is 6. The van der Waals surface area contributed by atoms with E-state index in [2.05, 4.69) is 4.98 Å². The van der Waals surface area contributed by atoms with Gasteiger partial charge in [-0.05, 0) is 72.1 Å². The van der Waals surface area contributed by atoms with E-state index in [9.17, 15) is 27.6 Å². The Balaban J connectivity index is 1.13. The Morgan fingerprint density at radius 3 is 2.33 bits per heavy atom. The number of benzene rings is 3. The number of ether oxygens (including phenoxy) is 1. The largest absolute Gasteiger partial charge is 0.489 e. The number of amides is 2. The van der Waals surface area contributed by atoms with E-state index in [1.807, 2.05) is 55.5 Å². The van der Waals surface area contributed by atoms with Crippen LogP contribution in [0, 0.1) is 36.5 Å². The molecule has 4 aliphatic rings. The molecule has 1 saturated heterocycles. The minimum atomic E-state index is -4.71. The molecule has 8 rings (SSSR count). The van der Waals surface area contributed by atoms with Crippen LogP contribution >= 0.6 is 23.1 Å². The van der Waals surface area contributed by atoms with E-state index in [-0.39, 0.29) is 33.8 Å². The second-order valence-corrected chi connectivity index (χ2v) is 14.5.